The van der Waals surface area contributed by atoms with Crippen molar-refractivity contribution < 1.29 is 9.21 Å². The summed E-state index contributed by atoms with van der Waals surface area (Å²) in [7, 11) is 0. The Hall–Kier alpha value is -2.70. The number of allylic oxidation sites excluding steroid dienone is 1. The summed E-state index contributed by atoms with van der Waals surface area (Å²) in [4.78, 5) is 15.8. The summed E-state index contributed by atoms with van der Waals surface area (Å²) in [6.07, 6.45) is 7.55. The van der Waals surface area contributed by atoms with Gasteiger partial charge in [-0.3, -0.25) is 4.98 Å². The van der Waals surface area contributed by atoms with E-state index >= 15 is 0 Å². The molecular weight excluding hydrogens is 366 g/mol. The van der Waals surface area contributed by atoms with Crippen molar-refractivity contribution in [1.29, 1.82) is 0 Å². The van der Waals surface area contributed by atoms with Crippen molar-refractivity contribution >= 4 is 6.03 Å². The van der Waals surface area contributed by atoms with Crippen molar-refractivity contribution in [3.8, 4) is 11.5 Å². The van der Waals surface area contributed by atoms with Gasteiger partial charge in [0.1, 0.15) is 0 Å². The number of nitrogens with one attached hydrogen (secondary N) is 2. The lowest BCUT2D eigenvalue weighted by Gasteiger charge is -2.37. The van der Waals surface area contributed by atoms with Gasteiger partial charge in [-0.05, 0) is 56.1 Å². The Labute approximate surface area is 172 Å². The van der Waals surface area contributed by atoms with E-state index in [-0.39, 0.29) is 6.03 Å². The minimum Gasteiger partial charge on any atom is -0.421 e. The fourth-order valence-corrected chi connectivity index (χ4v) is 4.10. The van der Waals surface area contributed by atoms with E-state index in [0.717, 1.165) is 18.4 Å². The van der Waals surface area contributed by atoms with E-state index in [4.69, 9.17) is 4.42 Å². The van der Waals surface area contributed by atoms with Gasteiger partial charge in [0.2, 0.25) is 11.8 Å². The molecule has 0 bridgehead atoms. The van der Waals surface area contributed by atoms with Crippen LogP contribution in [0.15, 0.2) is 40.6 Å². The highest BCUT2D eigenvalue weighted by Gasteiger charge is 2.32. The second-order valence-electron chi connectivity index (χ2n) is 8.10. The van der Waals surface area contributed by atoms with E-state index in [1.807, 2.05) is 19.1 Å². The van der Waals surface area contributed by atoms with Crippen LogP contribution >= 0.6 is 0 Å². The zero-order chi connectivity index (χ0) is 20.8. The molecule has 156 valence electrons. The molecule has 0 aromatic carbocycles. The van der Waals surface area contributed by atoms with Crippen LogP contribution in [-0.4, -0.2) is 34.3 Å². The van der Waals surface area contributed by atoms with Crippen LogP contribution in [0.1, 0.15) is 40.0 Å². The molecule has 2 amide bonds. The van der Waals surface area contributed by atoms with Crippen LogP contribution in [0.4, 0.5) is 4.79 Å². The first kappa shape index (κ1) is 21.0. The van der Waals surface area contributed by atoms with Gasteiger partial charge in [-0.25, -0.2) is 4.79 Å². The molecule has 0 fully saturated rings. The molecule has 29 heavy (non-hydrogen) atoms. The number of urea groups is 1. The highest BCUT2D eigenvalue weighted by Crippen LogP contribution is 2.38. The van der Waals surface area contributed by atoms with Crippen LogP contribution in [-0.2, 0) is 6.42 Å². The van der Waals surface area contributed by atoms with Crippen LogP contribution in [0.25, 0.3) is 11.5 Å². The van der Waals surface area contributed by atoms with E-state index in [1.54, 1.807) is 12.4 Å². The minimum absolute atomic E-state index is 0.0994. The monoisotopic (exact) mass is 397 g/mol. The molecule has 1 aliphatic rings. The number of pyridine rings is 1. The van der Waals surface area contributed by atoms with E-state index < -0.39 is 0 Å². The predicted octanol–water partition coefficient (Wildman–Crippen LogP) is 3.85. The summed E-state index contributed by atoms with van der Waals surface area (Å²) < 4.78 is 5.91. The maximum absolute atomic E-state index is 11.8. The molecule has 2 heterocycles. The molecule has 2 aromatic heterocycles. The summed E-state index contributed by atoms with van der Waals surface area (Å²) in [5.74, 6) is 2.92. The fraction of sp³-hybridized carbons (Fsp3) is 0.545. The van der Waals surface area contributed by atoms with E-state index in [9.17, 15) is 4.79 Å². The summed E-state index contributed by atoms with van der Waals surface area (Å²) in [6.45, 7) is 9.88. The van der Waals surface area contributed by atoms with Gasteiger partial charge < -0.3 is 15.1 Å². The molecule has 2 N–H and O–H groups in total. The molecule has 0 aliphatic heterocycles. The molecule has 0 radical (unpaired) electrons. The molecule has 2 aromatic rings. The van der Waals surface area contributed by atoms with Crippen molar-refractivity contribution in [2.24, 2.45) is 23.7 Å². The van der Waals surface area contributed by atoms with Crippen molar-refractivity contribution in [1.82, 2.24) is 25.8 Å². The second-order valence-corrected chi connectivity index (χ2v) is 8.10. The van der Waals surface area contributed by atoms with Crippen molar-refractivity contribution in [2.45, 2.75) is 40.5 Å². The van der Waals surface area contributed by atoms with Gasteiger partial charge in [0.15, 0.2) is 0 Å². The van der Waals surface area contributed by atoms with Crippen LogP contribution < -0.4 is 10.6 Å². The smallest absolute Gasteiger partial charge is 0.314 e. The van der Waals surface area contributed by atoms with E-state index in [0.29, 0.717) is 48.5 Å². The number of hydrogen-bond donors (Lipinski definition) is 2. The number of carbonyl (C=O) groups excluding carboxylic acids is 1. The Morgan fingerprint density at radius 3 is 2.69 bits per heavy atom. The predicted molar refractivity (Wildman–Crippen MR) is 112 cm³/mol. The quantitative estimate of drug-likeness (QED) is 0.692. The number of rotatable bonds is 7. The molecule has 3 rings (SSSR count). The Kier molecular flexibility index (Phi) is 7.01. The third-order valence-electron chi connectivity index (χ3n) is 5.73. The fourth-order valence-electron chi connectivity index (χ4n) is 4.10. The molecule has 3 atom stereocenters. The Bertz CT molecular complexity index is 831. The lowest BCUT2D eigenvalue weighted by molar-refractivity contribution is 0.211. The number of aromatic nitrogens is 3. The van der Waals surface area contributed by atoms with Gasteiger partial charge in [-0.1, -0.05) is 25.5 Å². The summed E-state index contributed by atoms with van der Waals surface area (Å²) in [5.41, 5.74) is 2.21. The van der Waals surface area contributed by atoms with Gasteiger partial charge in [0.25, 0.3) is 0 Å². The topological polar surface area (TPSA) is 92.9 Å². The van der Waals surface area contributed by atoms with E-state index in [2.05, 4.69) is 52.7 Å². The molecule has 0 spiro atoms. The first-order valence-electron chi connectivity index (χ1n) is 10.4. The van der Waals surface area contributed by atoms with Crippen molar-refractivity contribution in [3.63, 3.8) is 0 Å². The number of nitrogens with zero attached hydrogens (tertiary/aromatic N) is 3. The molecule has 0 saturated carbocycles. The van der Waals surface area contributed by atoms with Gasteiger partial charge in [-0.15, -0.1) is 10.2 Å². The summed E-state index contributed by atoms with van der Waals surface area (Å²) >= 11 is 0. The summed E-state index contributed by atoms with van der Waals surface area (Å²) in [6, 6.07) is 3.63. The Balaban J connectivity index is 1.68. The SMILES string of the molecule is CCNC(=O)NCC1C=C(C)C(Cc2nnc(-c3ccncc3)o2)CC1C(C)C. The first-order chi connectivity index (χ1) is 14.0. The van der Waals surface area contributed by atoms with Gasteiger partial charge in [0, 0.05) is 37.5 Å². The summed E-state index contributed by atoms with van der Waals surface area (Å²) in [5, 5.41) is 14.3. The number of hydrogen-bond acceptors (Lipinski definition) is 5. The lowest BCUT2D eigenvalue weighted by Crippen LogP contribution is -2.41. The molecule has 1 aliphatic carbocycles. The maximum atomic E-state index is 11.8. The van der Waals surface area contributed by atoms with Crippen LogP contribution in [0, 0.1) is 23.7 Å². The molecule has 3 unspecified atom stereocenters. The average molecular weight is 398 g/mol. The second kappa shape index (κ2) is 9.67. The normalized spacial score (nSPS) is 21.7. The third-order valence-corrected chi connectivity index (χ3v) is 5.73. The maximum Gasteiger partial charge on any atom is 0.314 e. The molecular formula is C22H31N5O2. The van der Waals surface area contributed by atoms with Gasteiger partial charge in [-0.2, -0.15) is 0 Å². The molecule has 7 heteroatoms. The lowest BCUT2D eigenvalue weighted by atomic mass is 9.70. The van der Waals surface area contributed by atoms with Crippen molar-refractivity contribution in [3.05, 3.63) is 42.1 Å². The highest BCUT2D eigenvalue weighted by atomic mass is 16.4. The van der Waals surface area contributed by atoms with Crippen molar-refractivity contribution in [2.75, 3.05) is 13.1 Å². The highest BCUT2D eigenvalue weighted by molar-refractivity contribution is 5.73. The Morgan fingerprint density at radius 2 is 2.00 bits per heavy atom. The minimum atomic E-state index is -0.0994. The number of carbonyl (C=O) groups is 1. The van der Waals surface area contributed by atoms with Crippen LogP contribution in [0.3, 0.4) is 0 Å². The number of amides is 2. The van der Waals surface area contributed by atoms with Crippen LogP contribution in [0.2, 0.25) is 0 Å². The largest absolute Gasteiger partial charge is 0.421 e. The van der Waals surface area contributed by atoms with Crippen LogP contribution in [0.5, 0.6) is 0 Å². The van der Waals surface area contributed by atoms with Gasteiger partial charge in [0.05, 0.1) is 0 Å². The third kappa shape index (κ3) is 5.43. The van der Waals surface area contributed by atoms with E-state index in [1.165, 1.54) is 5.57 Å². The molecule has 7 nitrogen and oxygen atoms in total. The average Bonchev–Trinajstić information content (AvgIpc) is 3.17. The first-order valence-corrected chi connectivity index (χ1v) is 10.4. The zero-order valence-electron chi connectivity index (χ0n) is 17.7. The molecule has 0 saturated heterocycles. The van der Waals surface area contributed by atoms with Gasteiger partial charge >= 0.3 is 6.03 Å². The Morgan fingerprint density at radius 1 is 1.24 bits per heavy atom. The standard InChI is InChI=1S/C22H31N5O2/c1-5-24-22(28)25-13-18-10-15(4)17(11-19(18)14(2)3)12-20-26-27-21(29-20)16-6-8-23-9-7-16/h6-10,14,17-19H,5,11-13H2,1-4H3,(H2,24,25,28). The zero-order valence-corrected chi connectivity index (χ0v) is 17.7.